The fraction of sp³-hybridized carbons (Fsp3) is 0.381. The maximum absolute atomic E-state index is 6.35. The van der Waals surface area contributed by atoms with Gasteiger partial charge in [-0.1, -0.05) is 11.6 Å². The highest BCUT2D eigenvalue weighted by molar-refractivity contribution is 6.32. The number of methoxy groups -OCH3 is 2. The van der Waals surface area contributed by atoms with Crippen LogP contribution < -0.4 is 25.8 Å². The normalized spacial score (nSPS) is 15.1. The Balaban J connectivity index is 1.85. The number of benzene rings is 1. The summed E-state index contributed by atoms with van der Waals surface area (Å²) in [5.41, 5.74) is 16.8. The van der Waals surface area contributed by atoms with Crippen molar-refractivity contribution in [2.45, 2.75) is 18.9 Å². The number of imidazole rings is 1. The lowest BCUT2D eigenvalue weighted by Crippen LogP contribution is -2.26. The molecule has 1 aliphatic rings. The van der Waals surface area contributed by atoms with E-state index in [-0.39, 0.29) is 6.04 Å². The number of fused-ring (bicyclic) bond motifs is 1. The maximum atomic E-state index is 6.35. The summed E-state index contributed by atoms with van der Waals surface area (Å²) >= 11 is 6.35. The van der Waals surface area contributed by atoms with Gasteiger partial charge in [-0.2, -0.15) is 0 Å². The van der Waals surface area contributed by atoms with Crippen LogP contribution in [0, 0.1) is 0 Å². The molecule has 154 valence electrons. The molecule has 1 saturated heterocycles. The van der Waals surface area contributed by atoms with Gasteiger partial charge in [-0.15, -0.1) is 0 Å². The van der Waals surface area contributed by atoms with Crippen LogP contribution in [0.5, 0.6) is 11.5 Å². The van der Waals surface area contributed by atoms with Crippen molar-refractivity contribution in [2.75, 3.05) is 38.8 Å². The average molecular weight is 416 g/mol. The largest absolute Gasteiger partial charge is 0.496 e. The van der Waals surface area contributed by atoms with Crippen molar-refractivity contribution in [1.82, 2.24) is 9.38 Å². The number of anilines is 1. The van der Waals surface area contributed by atoms with Gasteiger partial charge in [-0.25, -0.2) is 4.98 Å². The molecule has 0 bridgehead atoms. The van der Waals surface area contributed by atoms with Crippen molar-refractivity contribution in [1.29, 1.82) is 0 Å². The third-order valence-electron chi connectivity index (χ3n) is 5.45. The summed E-state index contributed by atoms with van der Waals surface area (Å²) in [6.07, 6.45) is 6.36. The van der Waals surface area contributed by atoms with E-state index in [9.17, 15) is 0 Å². The van der Waals surface area contributed by atoms with Crippen molar-refractivity contribution in [3.05, 3.63) is 41.2 Å². The van der Waals surface area contributed by atoms with E-state index in [1.165, 1.54) is 12.8 Å². The molecule has 4 N–H and O–H groups in total. The van der Waals surface area contributed by atoms with Gasteiger partial charge in [0, 0.05) is 67.0 Å². The fourth-order valence-corrected chi connectivity index (χ4v) is 4.12. The maximum Gasteiger partial charge on any atom is 0.141 e. The van der Waals surface area contributed by atoms with Gasteiger partial charge in [0.25, 0.3) is 0 Å². The van der Waals surface area contributed by atoms with E-state index < -0.39 is 0 Å². The highest BCUT2D eigenvalue weighted by atomic mass is 35.5. The Morgan fingerprint density at radius 3 is 2.48 bits per heavy atom. The highest BCUT2D eigenvalue weighted by Gasteiger charge is 2.21. The molecule has 1 aromatic carbocycles. The first kappa shape index (κ1) is 19.8. The van der Waals surface area contributed by atoms with Crippen LogP contribution in [0.3, 0.4) is 0 Å². The SMILES string of the molecule is COc1cc(OC)c(-c2cn3cc(C(N)CN)c(N4CCCC4)cc3n2)cc1Cl. The van der Waals surface area contributed by atoms with E-state index in [0.717, 1.165) is 41.2 Å². The van der Waals surface area contributed by atoms with Gasteiger partial charge >= 0.3 is 0 Å². The summed E-state index contributed by atoms with van der Waals surface area (Å²) in [6.45, 7) is 2.43. The Morgan fingerprint density at radius 2 is 1.83 bits per heavy atom. The first-order chi connectivity index (χ1) is 14.0. The Labute approximate surface area is 175 Å². The van der Waals surface area contributed by atoms with Gasteiger partial charge in [0.05, 0.1) is 24.9 Å². The number of aromatic nitrogens is 2. The van der Waals surface area contributed by atoms with E-state index >= 15 is 0 Å². The molecule has 0 saturated carbocycles. The summed E-state index contributed by atoms with van der Waals surface area (Å²) in [7, 11) is 3.19. The van der Waals surface area contributed by atoms with E-state index in [2.05, 4.69) is 11.0 Å². The van der Waals surface area contributed by atoms with Crippen LogP contribution in [-0.2, 0) is 0 Å². The zero-order valence-corrected chi connectivity index (χ0v) is 17.4. The number of nitrogens with two attached hydrogens (primary N) is 2. The van der Waals surface area contributed by atoms with Crippen LogP contribution in [-0.4, -0.2) is 43.2 Å². The van der Waals surface area contributed by atoms with Gasteiger partial charge in [0.2, 0.25) is 0 Å². The lowest BCUT2D eigenvalue weighted by Gasteiger charge is -2.24. The van der Waals surface area contributed by atoms with Crippen molar-refractivity contribution in [3.63, 3.8) is 0 Å². The number of rotatable bonds is 6. The second kappa shape index (κ2) is 8.10. The molecular weight excluding hydrogens is 390 g/mol. The third kappa shape index (κ3) is 3.61. The van der Waals surface area contributed by atoms with Crippen molar-refractivity contribution >= 4 is 22.9 Å². The third-order valence-corrected chi connectivity index (χ3v) is 5.75. The number of hydrogen-bond donors (Lipinski definition) is 2. The molecule has 0 aliphatic carbocycles. The van der Waals surface area contributed by atoms with E-state index in [0.29, 0.717) is 23.1 Å². The molecule has 1 atom stereocenters. The first-order valence-corrected chi connectivity index (χ1v) is 10.1. The highest BCUT2D eigenvalue weighted by Crippen LogP contribution is 2.39. The predicted molar refractivity (Wildman–Crippen MR) is 116 cm³/mol. The van der Waals surface area contributed by atoms with Gasteiger partial charge in [0.1, 0.15) is 17.1 Å². The fourth-order valence-electron chi connectivity index (χ4n) is 3.87. The number of hydrogen-bond acceptors (Lipinski definition) is 6. The molecule has 1 aliphatic heterocycles. The molecule has 1 unspecified atom stereocenters. The van der Waals surface area contributed by atoms with Gasteiger partial charge < -0.3 is 30.2 Å². The number of pyridine rings is 1. The van der Waals surface area contributed by atoms with Crippen LogP contribution in [0.1, 0.15) is 24.4 Å². The number of ether oxygens (including phenoxy) is 2. The summed E-state index contributed by atoms with van der Waals surface area (Å²) in [6, 6.07) is 5.45. The second-order valence-electron chi connectivity index (χ2n) is 7.23. The van der Waals surface area contributed by atoms with Crippen LogP contribution in [0.4, 0.5) is 5.69 Å². The average Bonchev–Trinajstić information content (AvgIpc) is 3.41. The summed E-state index contributed by atoms with van der Waals surface area (Å²) in [4.78, 5) is 7.20. The summed E-state index contributed by atoms with van der Waals surface area (Å²) < 4.78 is 12.8. The van der Waals surface area contributed by atoms with Gasteiger partial charge in [-0.05, 0) is 18.9 Å². The minimum atomic E-state index is -0.231. The zero-order valence-electron chi connectivity index (χ0n) is 16.7. The van der Waals surface area contributed by atoms with Gasteiger partial charge in [0.15, 0.2) is 0 Å². The molecule has 2 aromatic heterocycles. The van der Waals surface area contributed by atoms with Crippen LogP contribution in [0.15, 0.2) is 30.6 Å². The van der Waals surface area contributed by atoms with Crippen LogP contribution in [0.25, 0.3) is 16.9 Å². The quantitative estimate of drug-likeness (QED) is 0.642. The molecule has 4 rings (SSSR count). The van der Waals surface area contributed by atoms with Crippen molar-refractivity contribution in [3.8, 4) is 22.8 Å². The minimum Gasteiger partial charge on any atom is -0.496 e. The molecule has 29 heavy (non-hydrogen) atoms. The Bertz CT molecular complexity index is 1030. The molecule has 0 radical (unpaired) electrons. The molecule has 1 fully saturated rings. The lowest BCUT2D eigenvalue weighted by molar-refractivity contribution is 0.395. The first-order valence-electron chi connectivity index (χ1n) is 9.70. The van der Waals surface area contributed by atoms with E-state index in [1.807, 2.05) is 22.9 Å². The van der Waals surface area contributed by atoms with Crippen LogP contribution >= 0.6 is 11.6 Å². The molecule has 8 heteroatoms. The molecule has 0 spiro atoms. The second-order valence-corrected chi connectivity index (χ2v) is 7.64. The Morgan fingerprint density at radius 1 is 1.10 bits per heavy atom. The summed E-state index contributed by atoms with van der Waals surface area (Å²) in [5, 5.41) is 0.504. The van der Waals surface area contributed by atoms with E-state index in [1.54, 1.807) is 20.3 Å². The van der Waals surface area contributed by atoms with Gasteiger partial charge in [-0.3, -0.25) is 0 Å². The van der Waals surface area contributed by atoms with Crippen molar-refractivity contribution in [2.24, 2.45) is 11.5 Å². The lowest BCUT2D eigenvalue weighted by atomic mass is 10.1. The molecular formula is C21H26ClN5O2. The number of nitrogens with zero attached hydrogens (tertiary/aromatic N) is 3. The standard InChI is InChI=1S/C21H26ClN5O2/c1-28-19-9-20(29-2)15(22)7-13(19)17-12-27-11-14(16(24)10-23)18(8-21(27)25-17)26-5-3-4-6-26/h7-9,11-12,16H,3-6,10,23-24H2,1-2H3. The Hall–Kier alpha value is -2.48. The van der Waals surface area contributed by atoms with E-state index in [4.69, 9.17) is 37.5 Å². The molecule has 3 aromatic rings. The monoisotopic (exact) mass is 415 g/mol. The summed E-state index contributed by atoms with van der Waals surface area (Å²) in [5.74, 6) is 1.21. The Kier molecular flexibility index (Phi) is 5.54. The molecule has 3 heterocycles. The minimum absolute atomic E-state index is 0.231. The topological polar surface area (TPSA) is 91.0 Å². The smallest absolute Gasteiger partial charge is 0.141 e. The molecule has 7 nitrogen and oxygen atoms in total. The zero-order chi connectivity index (χ0) is 20.5. The van der Waals surface area contributed by atoms with Crippen molar-refractivity contribution < 1.29 is 9.47 Å². The predicted octanol–water partition coefficient (Wildman–Crippen LogP) is 3.23. The number of halogens is 1. The van der Waals surface area contributed by atoms with Crippen LogP contribution in [0.2, 0.25) is 5.02 Å². The molecule has 0 amide bonds.